The van der Waals surface area contributed by atoms with Gasteiger partial charge < -0.3 is 9.52 Å². The number of hydrogen-bond donors (Lipinski definition) is 1. The third-order valence-electron chi connectivity index (χ3n) is 2.06. The summed E-state index contributed by atoms with van der Waals surface area (Å²) in [7, 11) is 0. The van der Waals surface area contributed by atoms with Gasteiger partial charge in [0, 0.05) is 17.0 Å². The molecule has 0 atom stereocenters. The second-order valence-electron chi connectivity index (χ2n) is 3.31. The first-order valence-corrected chi connectivity index (χ1v) is 6.56. The van der Waals surface area contributed by atoms with Crippen molar-refractivity contribution in [2.75, 3.05) is 0 Å². The van der Waals surface area contributed by atoms with Gasteiger partial charge in [0.15, 0.2) is 5.09 Å². The summed E-state index contributed by atoms with van der Waals surface area (Å²) in [6.45, 7) is 0. The molecule has 0 radical (unpaired) electrons. The summed E-state index contributed by atoms with van der Waals surface area (Å²) in [6, 6.07) is 4.57. The maximum Gasteiger partial charge on any atom is 0.371 e. The highest BCUT2D eigenvalue weighted by Gasteiger charge is 2.10. The van der Waals surface area contributed by atoms with Crippen LogP contribution in [0, 0.1) is 0 Å². The van der Waals surface area contributed by atoms with Crippen LogP contribution in [0.3, 0.4) is 0 Å². The predicted molar refractivity (Wildman–Crippen MR) is 69.5 cm³/mol. The summed E-state index contributed by atoms with van der Waals surface area (Å²) in [5.74, 6) is -0.652. The minimum absolute atomic E-state index is 0.0853. The van der Waals surface area contributed by atoms with Crippen LogP contribution in [0.15, 0.2) is 33.9 Å². The van der Waals surface area contributed by atoms with Gasteiger partial charge in [-0.1, -0.05) is 35.0 Å². The standard InChI is InChI=1S/C11H7Cl2NO3S/c12-7-3-9(13)14-4-6(7)5-18-10-2-1-8(17-10)11(15)16/h1-4H,5H2,(H,15,16). The van der Waals surface area contributed by atoms with Crippen LogP contribution >= 0.6 is 35.0 Å². The van der Waals surface area contributed by atoms with E-state index in [0.29, 0.717) is 21.0 Å². The molecule has 0 aliphatic heterocycles. The number of aromatic nitrogens is 1. The zero-order valence-corrected chi connectivity index (χ0v) is 11.2. The molecular weight excluding hydrogens is 297 g/mol. The van der Waals surface area contributed by atoms with Gasteiger partial charge in [-0.2, -0.15) is 0 Å². The Kier molecular flexibility index (Phi) is 4.16. The van der Waals surface area contributed by atoms with Gasteiger partial charge >= 0.3 is 5.97 Å². The Morgan fingerprint density at radius 2 is 2.22 bits per heavy atom. The lowest BCUT2D eigenvalue weighted by atomic mass is 10.3. The van der Waals surface area contributed by atoms with Crippen LogP contribution in [-0.4, -0.2) is 16.1 Å². The number of rotatable bonds is 4. The Morgan fingerprint density at radius 1 is 1.44 bits per heavy atom. The first kappa shape index (κ1) is 13.3. The molecule has 0 amide bonds. The summed E-state index contributed by atoms with van der Waals surface area (Å²) in [5.41, 5.74) is 0.805. The largest absolute Gasteiger partial charge is 0.475 e. The molecule has 4 nitrogen and oxygen atoms in total. The van der Waals surface area contributed by atoms with Crippen LogP contribution in [-0.2, 0) is 5.75 Å². The van der Waals surface area contributed by atoms with E-state index in [-0.39, 0.29) is 5.76 Å². The van der Waals surface area contributed by atoms with Crippen molar-refractivity contribution in [1.29, 1.82) is 0 Å². The average molecular weight is 304 g/mol. The highest BCUT2D eigenvalue weighted by Crippen LogP contribution is 2.28. The summed E-state index contributed by atoms with van der Waals surface area (Å²) < 4.78 is 5.10. The Hall–Kier alpha value is -1.17. The number of pyridine rings is 1. The zero-order chi connectivity index (χ0) is 13.1. The maximum absolute atomic E-state index is 10.6. The molecule has 1 N–H and O–H groups in total. The molecule has 2 aromatic heterocycles. The van der Waals surface area contributed by atoms with Crippen LogP contribution in [0.5, 0.6) is 0 Å². The summed E-state index contributed by atoms with van der Waals surface area (Å²) in [6.07, 6.45) is 1.58. The molecule has 0 saturated carbocycles. The lowest BCUT2D eigenvalue weighted by molar-refractivity contribution is 0.0656. The number of carbonyl (C=O) groups is 1. The van der Waals surface area contributed by atoms with Crippen LogP contribution in [0.25, 0.3) is 0 Å². The van der Waals surface area contributed by atoms with E-state index in [1.807, 2.05) is 0 Å². The summed E-state index contributed by atoms with van der Waals surface area (Å²) in [5, 5.41) is 10.1. The number of furan rings is 1. The Balaban J connectivity index is 2.04. The molecule has 7 heteroatoms. The van der Waals surface area contributed by atoms with Gasteiger partial charge in [-0.05, 0) is 23.8 Å². The normalized spacial score (nSPS) is 10.6. The van der Waals surface area contributed by atoms with E-state index in [1.54, 1.807) is 18.3 Å². The first-order valence-electron chi connectivity index (χ1n) is 4.82. The lowest BCUT2D eigenvalue weighted by Gasteiger charge is -2.02. The number of aromatic carboxylic acids is 1. The van der Waals surface area contributed by atoms with Crippen molar-refractivity contribution in [1.82, 2.24) is 4.98 Å². The molecule has 2 heterocycles. The van der Waals surface area contributed by atoms with Gasteiger partial charge in [0.1, 0.15) is 5.15 Å². The van der Waals surface area contributed by atoms with Gasteiger partial charge in [-0.3, -0.25) is 0 Å². The van der Waals surface area contributed by atoms with Gasteiger partial charge in [-0.25, -0.2) is 9.78 Å². The van der Waals surface area contributed by atoms with Gasteiger partial charge in [0.05, 0.1) is 0 Å². The third-order valence-corrected chi connectivity index (χ3v) is 3.58. The van der Waals surface area contributed by atoms with E-state index >= 15 is 0 Å². The molecule has 0 aliphatic rings. The molecule has 94 valence electrons. The monoisotopic (exact) mass is 303 g/mol. The molecule has 0 fully saturated rings. The minimum atomic E-state index is -1.09. The van der Waals surface area contributed by atoms with Crippen molar-refractivity contribution in [2.24, 2.45) is 0 Å². The maximum atomic E-state index is 10.6. The number of hydrogen-bond acceptors (Lipinski definition) is 4. The van der Waals surface area contributed by atoms with Crippen molar-refractivity contribution in [3.63, 3.8) is 0 Å². The zero-order valence-electron chi connectivity index (χ0n) is 8.89. The Labute approximate surface area is 117 Å². The fraction of sp³-hybridized carbons (Fsp3) is 0.0909. The predicted octanol–water partition coefficient (Wildman–Crippen LogP) is 3.97. The molecule has 0 spiro atoms. The highest BCUT2D eigenvalue weighted by atomic mass is 35.5. The smallest absolute Gasteiger partial charge is 0.371 e. The molecule has 2 aromatic rings. The van der Waals surface area contributed by atoms with E-state index < -0.39 is 5.97 Å². The van der Waals surface area contributed by atoms with Gasteiger partial charge in [0.2, 0.25) is 5.76 Å². The summed E-state index contributed by atoms with van der Waals surface area (Å²) >= 11 is 13.0. The molecule has 18 heavy (non-hydrogen) atoms. The van der Waals surface area contributed by atoms with E-state index in [1.165, 1.54) is 17.8 Å². The molecular formula is C11H7Cl2NO3S. The van der Waals surface area contributed by atoms with Crippen molar-refractivity contribution >= 4 is 40.9 Å². The Morgan fingerprint density at radius 3 is 2.83 bits per heavy atom. The SMILES string of the molecule is O=C(O)c1ccc(SCc2cnc(Cl)cc2Cl)o1. The van der Waals surface area contributed by atoms with Crippen LogP contribution in [0.2, 0.25) is 10.2 Å². The van der Waals surface area contributed by atoms with Crippen LogP contribution in [0.1, 0.15) is 16.1 Å². The minimum Gasteiger partial charge on any atom is -0.475 e. The van der Waals surface area contributed by atoms with Crippen LogP contribution < -0.4 is 0 Å². The van der Waals surface area contributed by atoms with Crippen molar-refractivity contribution < 1.29 is 14.3 Å². The average Bonchev–Trinajstić information content (AvgIpc) is 2.76. The van der Waals surface area contributed by atoms with Gasteiger partial charge in [-0.15, -0.1) is 0 Å². The van der Waals surface area contributed by atoms with E-state index in [2.05, 4.69) is 4.98 Å². The first-order chi connectivity index (χ1) is 8.56. The quantitative estimate of drug-likeness (QED) is 0.684. The summed E-state index contributed by atoms with van der Waals surface area (Å²) in [4.78, 5) is 14.6. The lowest BCUT2D eigenvalue weighted by Crippen LogP contribution is -1.91. The second-order valence-corrected chi connectivity index (χ2v) is 5.09. The number of nitrogens with zero attached hydrogens (tertiary/aromatic N) is 1. The molecule has 2 rings (SSSR count). The fourth-order valence-electron chi connectivity index (χ4n) is 1.20. The number of thioether (sulfide) groups is 1. The third kappa shape index (κ3) is 3.19. The van der Waals surface area contributed by atoms with E-state index in [4.69, 9.17) is 32.7 Å². The molecule has 0 saturated heterocycles. The van der Waals surface area contributed by atoms with Crippen LogP contribution in [0.4, 0.5) is 0 Å². The molecule has 0 aliphatic carbocycles. The van der Waals surface area contributed by atoms with Crippen molar-refractivity contribution in [3.8, 4) is 0 Å². The molecule has 0 bridgehead atoms. The Bertz CT molecular complexity index is 585. The highest BCUT2D eigenvalue weighted by molar-refractivity contribution is 7.98. The second kappa shape index (κ2) is 5.65. The number of carboxylic acids is 1. The molecule has 0 unspecified atom stereocenters. The van der Waals surface area contributed by atoms with E-state index in [0.717, 1.165) is 5.56 Å². The molecule has 0 aromatic carbocycles. The number of carboxylic acid groups (broad SMARTS) is 1. The number of halogens is 2. The van der Waals surface area contributed by atoms with E-state index in [9.17, 15) is 4.79 Å². The topological polar surface area (TPSA) is 63.3 Å². The van der Waals surface area contributed by atoms with Crippen molar-refractivity contribution in [2.45, 2.75) is 10.8 Å². The van der Waals surface area contributed by atoms with Gasteiger partial charge in [0.25, 0.3) is 0 Å². The fourth-order valence-corrected chi connectivity index (χ4v) is 2.56. The van der Waals surface area contributed by atoms with Crippen molar-refractivity contribution in [3.05, 3.63) is 45.9 Å².